The van der Waals surface area contributed by atoms with E-state index < -0.39 is 0 Å². The molecule has 0 atom stereocenters. The molecular formula is C26H26N4O3. The summed E-state index contributed by atoms with van der Waals surface area (Å²) >= 11 is 0. The van der Waals surface area contributed by atoms with Crippen molar-refractivity contribution in [2.45, 2.75) is 37.4 Å². The number of anilines is 1. The van der Waals surface area contributed by atoms with Crippen molar-refractivity contribution < 1.29 is 14.2 Å². The van der Waals surface area contributed by atoms with Gasteiger partial charge in [-0.05, 0) is 55.3 Å². The average molecular weight is 443 g/mol. The van der Waals surface area contributed by atoms with Gasteiger partial charge in [-0.2, -0.15) is 0 Å². The van der Waals surface area contributed by atoms with Crippen LogP contribution < -0.4 is 10.5 Å². The fourth-order valence-corrected chi connectivity index (χ4v) is 4.99. The van der Waals surface area contributed by atoms with Crippen LogP contribution in [0.5, 0.6) is 11.5 Å². The minimum Gasteiger partial charge on any atom is -0.457 e. The predicted molar refractivity (Wildman–Crippen MR) is 125 cm³/mol. The van der Waals surface area contributed by atoms with Crippen molar-refractivity contribution in [3.63, 3.8) is 0 Å². The number of ether oxygens (including phenoxy) is 3. The number of nitrogens with two attached hydrogens (primary N) is 1. The van der Waals surface area contributed by atoms with Crippen LogP contribution in [0.2, 0.25) is 0 Å². The molecule has 168 valence electrons. The van der Waals surface area contributed by atoms with Gasteiger partial charge in [-0.15, -0.1) is 0 Å². The highest BCUT2D eigenvalue weighted by Crippen LogP contribution is 2.43. The number of fused-ring (bicyclic) bond motifs is 1. The molecule has 3 heterocycles. The lowest BCUT2D eigenvalue weighted by molar-refractivity contribution is -0.178. The van der Waals surface area contributed by atoms with E-state index in [0.29, 0.717) is 25.1 Å². The van der Waals surface area contributed by atoms with Gasteiger partial charge in [0.25, 0.3) is 0 Å². The third kappa shape index (κ3) is 3.73. The Morgan fingerprint density at radius 2 is 1.61 bits per heavy atom. The highest BCUT2D eigenvalue weighted by molar-refractivity contribution is 5.69. The van der Waals surface area contributed by atoms with Crippen LogP contribution in [-0.4, -0.2) is 33.4 Å². The van der Waals surface area contributed by atoms with Crippen LogP contribution in [0.25, 0.3) is 16.9 Å². The molecule has 1 aliphatic carbocycles. The van der Waals surface area contributed by atoms with Gasteiger partial charge in [-0.1, -0.05) is 18.2 Å². The number of imidazole rings is 1. The zero-order chi connectivity index (χ0) is 22.3. The van der Waals surface area contributed by atoms with Crippen LogP contribution in [0.4, 0.5) is 5.95 Å². The van der Waals surface area contributed by atoms with E-state index in [2.05, 4.69) is 4.98 Å². The van der Waals surface area contributed by atoms with Crippen LogP contribution >= 0.6 is 0 Å². The topological polar surface area (TPSA) is 83.9 Å². The van der Waals surface area contributed by atoms with E-state index in [1.54, 1.807) is 6.20 Å². The minimum atomic E-state index is -0.385. The van der Waals surface area contributed by atoms with E-state index >= 15 is 0 Å². The fourth-order valence-electron chi connectivity index (χ4n) is 4.99. The summed E-state index contributed by atoms with van der Waals surface area (Å²) in [6.07, 6.45) is 5.47. The molecule has 7 nitrogen and oxygen atoms in total. The van der Waals surface area contributed by atoms with Crippen LogP contribution in [-0.2, 0) is 9.47 Å². The van der Waals surface area contributed by atoms with Crippen molar-refractivity contribution in [2.75, 3.05) is 18.9 Å². The number of nitrogens with zero attached hydrogens (tertiary/aromatic N) is 3. The van der Waals surface area contributed by atoms with Gasteiger partial charge in [0.2, 0.25) is 5.95 Å². The van der Waals surface area contributed by atoms with Gasteiger partial charge in [-0.3, -0.25) is 4.40 Å². The summed E-state index contributed by atoms with van der Waals surface area (Å²) in [4.78, 5) is 9.41. The SMILES string of the molecule is Nc1nccc2c(C3CCC4(CC3)OCCO4)nc(-c3ccc(Oc4ccccc4)cc3)n12. The Balaban J connectivity index is 1.32. The Kier molecular flexibility index (Phi) is 5.00. The smallest absolute Gasteiger partial charge is 0.206 e. The molecule has 6 rings (SSSR count). The molecule has 33 heavy (non-hydrogen) atoms. The summed E-state index contributed by atoms with van der Waals surface area (Å²) < 4.78 is 19.7. The van der Waals surface area contributed by atoms with Gasteiger partial charge >= 0.3 is 0 Å². The summed E-state index contributed by atoms with van der Waals surface area (Å²) in [5, 5.41) is 0. The molecule has 0 amide bonds. The van der Waals surface area contributed by atoms with Crippen molar-refractivity contribution in [1.29, 1.82) is 0 Å². The molecule has 2 aromatic heterocycles. The summed E-state index contributed by atoms with van der Waals surface area (Å²) in [6, 6.07) is 19.7. The second-order valence-electron chi connectivity index (χ2n) is 8.67. The summed E-state index contributed by atoms with van der Waals surface area (Å²) in [5.74, 6) is 2.74. The monoisotopic (exact) mass is 442 g/mol. The van der Waals surface area contributed by atoms with E-state index in [0.717, 1.165) is 59.8 Å². The maximum Gasteiger partial charge on any atom is 0.206 e. The Bertz CT molecular complexity index is 1250. The standard InChI is InChI=1S/C26H26N4O3/c27-25-28-15-12-22-23(18-10-13-26(14-11-18)31-16-17-32-26)29-24(30(22)25)19-6-8-21(9-7-19)33-20-4-2-1-3-5-20/h1-9,12,15,18H,10-11,13-14,16-17H2,(H2,27,28). The first-order chi connectivity index (χ1) is 16.2. The lowest BCUT2D eigenvalue weighted by Gasteiger charge is -2.34. The molecule has 1 aliphatic heterocycles. The number of aromatic nitrogens is 3. The van der Waals surface area contributed by atoms with Crippen LogP contribution in [0.3, 0.4) is 0 Å². The van der Waals surface area contributed by atoms with E-state index in [1.807, 2.05) is 65.1 Å². The normalized spacial score (nSPS) is 18.2. The molecule has 1 saturated heterocycles. The second kappa shape index (κ2) is 8.17. The van der Waals surface area contributed by atoms with Gasteiger partial charge < -0.3 is 19.9 Å². The van der Waals surface area contributed by atoms with Crippen molar-refractivity contribution >= 4 is 11.5 Å². The van der Waals surface area contributed by atoms with Gasteiger partial charge in [0.05, 0.1) is 24.4 Å². The lowest BCUT2D eigenvalue weighted by atomic mass is 9.83. The first-order valence-electron chi connectivity index (χ1n) is 11.4. The molecule has 2 aromatic carbocycles. The number of nitrogen functional groups attached to an aromatic ring is 1. The quantitative estimate of drug-likeness (QED) is 0.469. The van der Waals surface area contributed by atoms with E-state index in [-0.39, 0.29) is 5.79 Å². The average Bonchev–Trinajstić information content (AvgIpc) is 3.47. The summed E-state index contributed by atoms with van der Waals surface area (Å²) in [5.41, 5.74) is 9.35. The van der Waals surface area contributed by atoms with Crippen molar-refractivity contribution in [3.05, 3.63) is 72.6 Å². The zero-order valence-corrected chi connectivity index (χ0v) is 18.3. The van der Waals surface area contributed by atoms with Crippen molar-refractivity contribution in [1.82, 2.24) is 14.4 Å². The molecular weight excluding hydrogens is 416 g/mol. The Morgan fingerprint density at radius 3 is 2.33 bits per heavy atom. The number of rotatable bonds is 4. The molecule has 0 unspecified atom stereocenters. The zero-order valence-electron chi connectivity index (χ0n) is 18.3. The minimum absolute atomic E-state index is 0.328. The maximum atomic E-state index is 6.31. The van der Waals surface area contributed by atoms with E-state index in [1.165, 1.54) is 0 Å². The molecule has 1 saturated carbocycles. The highest BCUT2D eigenvalue weighted by Gasteiger charge is 2.41. The third-order valence-electron chi connectivity index (χ3n) is 6.65. The van der Waals surface area contributed by atoms with Crippen molar-refractivity contribution in [3.8, 4) is 22.9 Å². The van der Waals surface area contributed by atoms with E-state index in [4.69, 9.17) is 24.9 Å². The number of para-hydroxylation sites is 1. The Labute approximate surface area is 192 Å². The first-order valence-corrected chi connectivity index (χ1v) is 11.4. The predicted octanol–water partition coefficient (Wildman–Crippen LogP) is 5.17. The van der Waals surface area contributed by atoms with Crippen LogP contribution in [0, 0.1) is 0 Å². The third-order valence-corrected chi connectivity index (χ3v) is 6.65. The molecule has 0 bridgehead atoms. The van der Waals surface area contributed by atoms with Crippen molar-refractivity contribution in [2.24, 2.45) is 0 Å². The van der Waals surface area contributed by atoms with E-state index in [9.17, 15) is 0 Å². The van der Waals surface area contributed by atoms with Gasteiger partial charge in [0.15, 0.2) is 5.79 Å². The maximum absolute atomic E-state index is 6.31. The van der Waals surface area contributed by atoms with Crippen LogP contribution in [0.1, 0.15) is 37.3 Å². The van der Waals surface area contributed by atoms with Gasteiger partial charge in [0.1, 0.15) is 17.3 Å². The molecule has 4 aromatic rings. The number of hydrogen-bond acceptors (Lipinski definition) is 6. The van der Waals surface area contributed by atoms with Gasteiger partial charge in [0, 0.05) is 30.5 Å². The Morgan fingerprint density at radius 1 is 0.909 bits per heavy atom. The summed E-state index contributed by atoms with van der Waals surface area (Å²) in [6.45, 7) is 1.38. The summed E-state index contributed by atoms with van der Waals surface area (Å²) in [7, 11) is 0. The number of benzene rings is 2. The van der Waals surface area contributed by atoms with Crippen LogP contribution in [0.15, 0.2) is 66.9 Å². The molecule has 2 N–H and O–H groups in total. The number of hydrogen-bond donors (Lipinski definition) is 1. The molecule has 1 spiro atoms. The highest BCUT2D eigenvalue weighted by atomic mass is 16.7. The Hall–Kier alpha value is -3.42. The molecule has 7 heteroatoms. The molecule has 2 fully saturated rings. The second-order valence-corrected chi connectivity index (χ2v) is 8.67. The lowest BCUT2D eigenvalue weighted by Crippen LogP contribution is -2.34. The molecule has 0 radical (unpaired) electrons. The first kappa shape index (κ1) is 20.2. The largest absolute Gasteiger partial charge is 0.457 e. The van der Waals surface area contributed by atoms with Gasteiger partial charge in [-0.25, -0.2) is 9.97 Å². The molecule has 2 aliphatic rings. The fraction of sp³-hybridized carbons (Fsp3) is 0.308.